The van der Waals surface area contributed by atoms with Crippen LogP contribution in [0.2, 0.25) is 0 Å². The Morgan fingerprint density at radius 2 is 1.78 bits per heavy atom. The zero-order valence-corrected chi connectivity index (χ0v) is 19.6. The minimum absolute atomic E-state index is 0.0749. The Bertz CT molecular complexity index is 1120. The summed E-state index contributed by atoms with van der Waals surface area (Å²) in [5.74, 6) is 0.601. The van der Waals surface area contributed by atoms with Gasteiger partial charge in [-0.3, -0.25) is 14.3 Å². The number of hydrogen-bond donors (Lipinski definition) is 1. The van der Waals surface area contributed by atoms with Crippen molar-refractivity contribution in [3.05, 3.63) is 64.9 Å². The molecule has 3 aromatic rings. The highest BCUT2D eigenvalue weighted by Crippen LogP contribution is 2.25. The van der Waals surface area contributed by atoms with Gasteiger partial charge in [-0.05, 0) is 42.2 Å². The number of hydrogen-bond acceptors (Lipinski definition) is 5. The first kappa shape index (κ1) is 23.1. The predicted molar refractivity (Wildman–Crippen MR) is 122 cm³/mol. The third-order valence-electron chi connectivity index (χ3n) is 5.17. The van der Waals surface area contributed by atoms with Crippen molar-refractivity contribution in [1.82, 2.24) is 14.7 Å². The van der Waals surface area contributed by atoms with Crippen LogP contribution in [0.1, 0.15) is 58.8 Å². The van der Waals surface area contributed by atoms with Crippen LogP contribution in [0.3, 0.4) is 0 Å². The normalized spacial score (nSPS) is 11.3. The van der Waals surface area contributed by atoms with Crippen molar-refractivity contribution in [3.8, 4) is 5.75 Å². The van der Waals surface area contributed by atoms with Gasteiger partial charge in [0.1, 0.15) is 18.1 Å². The Hall–Kier alpha value is -3.55. The highest BCUT2D eigenvalue weighted by Gasteiger charge is 2.24. The van der Waals surface area contributed by atoms with Gasteiger partial charge in [0.25, 0.3) is 11.8 Å². The summed E-state index contributed by atoms with van der Waals surface area (Å²) < 4.78 is 13.0. The van der Waals surface area contributed by atoms with E-state index in [9.17, 15) is 9.59 Å². The lowest BCUT2D eigenvalue weighted by Crippen LogP contribution is -2.24. The number of aromatic nitrogens is 2. The number of benzene rings is 1. The van der Waals surface area contributed by atoms with Crippen LogP contribution in [0.15, 0.2) is 40.8 Å². The number of carbonyl (C=O) groups is 2. The first-order valence-electron chi connectivity index (χ1n) is 10.4. The van der Waals surface area contributed by atoms with Crippen LogP contribution < -0.4 is 10.1 Å². The van der Waals surface area contributed by atoms with Crippen LogP contribution in [0.25, 0.3) is 0 Å². The molecule has 0 radical (unpaired) electrons. The number of furan rings is 1. The van der Waals surface area contributed by atoms with Gasteiger partial charge in [0.2, 0.25) is 0 Å². The predicted octanol–water partition coefficient (Wildman–Crippen LogP) is 4.15. The topological polar surface area (TPSA) is 89.6 Å². The maximum absolute atomic E-state index is 12.7. The van der Waals surface area contributed by atoms with E-state index in [1.54, 1.807) is 44.9 Å². The molecule has 1 N–H and O–H groups in total. The van der Waals surface area contributed by atoms with E-state index in [0.717, 1.165) is 5.75 Å². The van der Waals surface area contributed by atoms with E-state index in [-0.39, 0.29) is 29.4 Å². The average molecular weight is 439 g/mol. The molecule has 0 atom stereocenters. The van der Waals surface area contributed by atoms with Gasteiger partial charge in [-0.25, -0.2) is 0 Å². The Kier molecular flexibility index (Phi) is 6.43. The summed E-state index contributed by atoms with van der Waals surface area (Å²) in [7, 11) is 4.98. The summed E-state index contributed by atoms with van der Waals surface area (Å²) in [5.41, 5.74) is 2.50. The molecule has 0 aliphatic heterocycles. The summed E-state index contributed by atoms with van der Waals surface area (Å²) in [4.78, 5) is 26.5. The second-order valence-electron chi connectivity index (χ2n) is 8.92. The first-order chi connectivity index (χ1) is 15.0. The van der Waals surface area contributed by atoms with E-state index in [2.05, 4.69) is 31.2 Å². The molecule has 2 amide bonds. The van der Waals surface area contributed by atoms with E-state index in [1.165, 1.54) is 10.5 Å². The third kappa shape index (κ3) is 5.01. The van der Waals surface area contributed by atoms with Crippen molar-refractivity contribution in [2.45, 2.75) is 39.7 Å². The Labute approximate surface area is 188 Å². The summed E-state index contributed by atoms with van der Waals surface area (Å²) in [6.07, 6.45) is 0. The second kappa shape index (κ2) is 8.90. The zero-order chi connectivity index (χ0) is 23.6. The fourth-order valence-electron chi connectivity index (χ4n) is 3.08. The van der Waals surface area contributed by atoms with E-state index < -0.39 is 5.91 Å². The molecule has 170 valence electrons. The molecule has 2 heterocycles. The van der Waals surface area contributed by atoms with Crippen molar-refractivity contribution in [3.63, 3.8) is 0 Å². The molecule has 2 aromatic heterocycles. The van der Waals surface area contributed by atoms with Crippen LogP contribution >= 0.6 is 0 Å². The maximum Gasteiger partial charge on any atom is 0.291 e. The lowest BCUT2D eigenvalue weighted by molar-refractivity contribution is 0.0822. The summed E-state index contributed by atoms with van der Waals surface area (Å²) in [6, 6.07) is 11.2. The van der Waals surface area contributed by atoms with Crippen LogP contribution in [0.5, 0.6) is 5.75 Å². The lowest BCUT2D eigenvalue weighted by atomic mass is 9.87. The van der Waals surface area contributed by atoms with Crippen molar-refractivity contribution in [2.75, 3.05) is 19.4 Å². The van der Waals surface area contributed by atoms with Crippen LogP contribution in [0, 0.1) is 6.92 Å². The second-order valence-corrected chi connectivity index (χ2v) is 8.92. The standard InChI is InChI=1S/C24H30N4O4/c1-15-20(21(26-28(15)7)23(30)27(5)6)25-22(29)19-13-12-18(32-19)14-31-17-10-8-16(9-11-17)24(2,3)4/h8-13H,14H2,1-7H3,(H,25,29). The molecule has 1 aromatic carbocycles. The SMILES string of the molecule is Cc1c(NC(=O)c2ccc(COc3ccc(C(C)(C)C)cc3)o2)c(C(=O)N(C)C)nn1C. The summed E-state index contributed by atoms with van der Waals surface area (Å²) in [5, 5.41) is 6.98. The van der Waals surface area contributed by atoms with Crippen LogP contribution in [-0.2, 0) is 19.1 Å². The molecule has 8 nitrogen and oxygen atoms in total. The molecule has 8 heteroatoms. The van der Waals surface area contributed by atoms with Gasteiger partial charge < -0.3 is 19.4 Å². The van der Waals surface area contributed by atoms with E-state index in [0.29, 0.717) is 17.1 Å². The Morgan fingerprint density at radius 1 is 1.12 bits per heavy atom. The number of ether oxygens (including phenoxy) is 1. The first-order valence-corrected chi connectivity index (χ1v) is 10.4. The van der Waals surface area contributed by atoms with Crippen molar-refractivity contribution in [1.29, 1.82) is 0 Å². The number of aryl methyl sites for hydroxylation is 1. The Balaban J connectivity index is 1.67. The molecule has 0 bridgehead atoms. The molecular formula is C24H30N4O4. The largest absolute Gasteiger partial charge is 0.486 e. The molecule has 0 saturated heterocycles. The molecule has 0 fully saturated rings. The monoisotopic (exact) mass is 438 g/mol. The van der Waals surface area contributed by atoms with E-state index in [1.807, 2.05) is 24.3 Å². The smallest absolute Gasteiger partial charge is 0.291 e. The van der Waals surface area contributed by atoms with Gasteiger partial charge >= 0.3 is 0 Å². The van der Waals surface area contributed by atoms with Crippen LogP contribution in [0.4, 0.5) is 5.69 Å². The van der Waals surface area contributed by atoms with Crippen LogP contribution in [-0.4, -0.2) is 40.6 Å². The van der Waals surface area contributed by atoms with Gasteiger partial charge in [0.15, 0.2) is 11.5 Å². The average Bonchev–Trinajstić information content (AvgIpc) is 3.32. The third-order valence-corrected chi connectivity index (χ3v) is 5.17. The van der Waals surface area contributed by atoms with Gasteiger partial charge in [0.05, 0.1) is 11.4 Å². The number of anilines is 1. The quantitative estimate of drug-likeness (QED) is 0.624. The van der Waals surface area contributed by atoms with E-state index in [4.69, 9.17) is 9.15 Å². The molecule has 32 heavy (non-hydrogen) atoms. The minimum Gasteiger partial charge on any atom is -0.486 e. The van der Waals surface area contributed by atoms with Gasteiger partial charge in [-0.1, -0.05) is 32.9 Å². The number of nitrogens with one attached hydrogen (secondary N) is 1. The number of carbonyl (C=O) groups excluding carboxylic acids is 2. The fraction of sp³-hybridized carbons (Fsp3) is 0.375. The highest BCUT2D eigenvalue weighted by atomic mass is 16.5. The number of amides is 2. The van der Waals surface area contributed by atoms with Gasteiger partial charge in [-0.2, -0.15) is 5.10 Å². The molecule has 3 rings (SSSR count). The molecule has 0 aliphatic carbocycles. The van der Waals surface area contributed by atoms with Crippen molar-refractivity contribution < 1.29 is 18.7 Å². The summed E-state index contributed by atoms with van der Waals surface area (Å²) >= 11 is 0. The Morgan fingerprint density at radius 3 is 2.38 bits per heavy atom. The number of rotatable bonds is 6. The zero-order valence-electron chi connectivity index (χ0n) is 19.6. The fourth-order valence-corrected chi connectivity index (χ4v) is 3.08. The van der Waals surface area contributed by atoms with Crippen molar-refractivity contribution in [2.24, 2.45) is 7.05 Å². The van der Waals surface area contributed by atoms with Gasteiger partial charge in [0, 0.05) is 21.1 Å². The number of nitrogens with zero attached hydrogens (tertiary/aromatic N) is 3. The highest BCUT2D eigenvalue weighted by molar-refractivity contribution is 6.07. The van der Waals surface area contributed by atoms with Crippen molar-refractivity contribution >= 4 is 17.5 Å². The molecule has 0 aliphatic rings. The van der Waals surface area contributed by atoms with E-state index >= 15 is 0 Å². The lowest BCUT2D eigenvalue weighted by Gasteiger charge is -2.19. The molecule has 0 saturated carbocycles. The van der Waals surface area contributed by atoms with Gasteiger partial charge in [-0.15, -0.1) is 0 Å². The molecule has 0 unspecified atom stereocenters. The minimum atomic E-state index is -0.463. The molecular weight excluding hydrogens is 408 g/mol. The molecule has 0 spiro atoms. The summed E-state index contributed by atoms with van der Waals surface area (Å²) in [6.45, 7) is 8.44. The maximum atomic E-state index is 12.7.